The van der Waals surface area contributed by atoms with Crippen LogP contribution in [0.2, 0.25) is 5.02 Å². The van der Waals surface area contributed by atoms with Crippen LogP contribution in [0.5, 0.6) is 0 Å². The molecule has 3 nitrogen and oxygen atoms in total. The second-order valence-corrected chi connectivity index (χ2v) is 4.43. The first kappa shape index (κ1) is 15.0. The molecule has 96 valence electrons. The van der Waals surface area contributed by atoms with Crippen molar-refractivity contribution in [3.05, 3.63) is 40.9 Å². The number of carbonyl (C=O) groups is 1. The summed E-state index contributed by atoms with van der Waals surface area (Å²) in [7, 11) is 0. The Morgan fingerprint density at radius 3 is 2.44 bits per heavy atom. The second kappa shape index (κ2) is 6.73. The predicted molar refractivity (Wildman–Crippen MR) is 68.7 cm³/mol. The summed E-state index contributed by atoms with van der Waals surface area (Å²) in [6.45, 7) is 1.74. The molecule has 2 rings (SSSR count). The number of benzene rings is 1. The van der Waals surface area contributed by atoms with Crippen molar-refractivity contribution in [1.29, 1.82) is 0 Å². The van der Waals surface area contributed by atoms with E-state index < -0.39 is 10.5 Å². The maximum Gasteiger partial charge on any atom is 0.313 e. The van der Waals surface area contributed by atoms with Crippen LogP contribution in [0.25, 0.3) is 11.3 Å². The number of hydrogen-bond donors (Lipinski definition) is 0. The first-order chi connectivity index (χ1) is 8.41. The molecule has 1 aromatic heterocycles. The Morgan fingerprint density at radius 1 is 1.39 bits per heavy atom. The fraction of sp³-hybridized carbons (Fsp3) is 0.0909. The lowest BCUT2D eigenvalue weighted by molar-refractivity contribution is 0.275. The third-order valence-electron chi connectivity index (χ3n) is 1.85. The topological polar surface area (TPSA) is 43.1 Å². The molecule has 0 fully saturated rings. The highest BCUT2D eigenvalue weighted by molar-refractivity contribution is 6.93. The maximum absolute atomic E-state index is 13.4. The minimum atomic E-state index is -0.889. The minimum Gasteiger partial charge on any atom is -0.361 e. The minimum absolute atomic E-state index is 0.283. The van der Waals surface area contributed by atoms with Crippen molar-refractivity contribution in [2.24, 2.45) is 0 Å². The lowest BCUT2D eigenvalue weighted by atomic mass is 10.1. The van der Waals surface area contributed by atoms with Gasteiger partial charge in [0.1, 0.15) is 17.3 Å². The van der Waals surface area contributed by atoms with Gasteiger partial charge in [-0.05, 0) is 42.3 Å². The third-order valence-corrected chi connectivity index (χ3v) is 2.16. The molecule has 0 bridgehead atoms. The van der Waals surface area contributed by atoms with Crippen LogP contribution >= 0.6 is 34.8 Å². The van der Waals surface area contributed by atoms with E-state index in [0.29, 0.717) is 16.5 Å². The largest absolute Gasteiger partial charge is 0.361 e. The quantitative estimate of drug-likeness (QED) is 0.694. The molecular formula is C11H7Cl3FNO2. The van der Waals surface area contributed by atoms with E-state index in [9.17, 15) is 4.39 Å². The lowest BCUT2D eigenvalue weighted by Crippen LogP contribution is -1.84. The standard InChI is InChI=1S/C10H7ClFNO.CCl2O/c1-6-5-9(13-14-6)10-7(11)3-2-4-8(10)12;2-1(3)4/h2-5H,1H3;. The first-order valence-corrected chi connectivity index (χ1v) is 5.78. The molecule has 0 spiro atoms. The molecule has 0 aliphatic rings. The Morgan fingerprint density at radius 2 is 2.00 bits per heavy atom. The van der Waals surface area contributed by atoms with Gasteiger partial charge >= 0.3 is 4.70 Å². The van der Waals surface area contributed by atoms with E-state index in [4.69, 9.17) is 20.9 Å². The molecule has 2 aromatic rings. The van der Waals surface area contributed by atoms with E-state index in [2.05, 4.69) is 28.4 Å². The van der Waals surface area contributed by atoms with Gasteiger partial charge in [0.15, 0.2) is 0 Å². The van der Waals surface area contributed by atoms with Gasteiger partial charge in [-0.25, -0.2) is 4.39 Å². The van der Waals surface area contributed by atoms with Crippen molar-refractivity contribution in [1.82, 2.24) is 5.16 Å². The number of aromatic nitrogens is 1. The Balaban J connectivity index is 0.000000357. The molecule has 0 N–H and O–H groups in total. The molecule has 0 unspecified atom stereocenters. The predicted octanol–water partition coefficient (Wildman–Crippen LogP) is 5.03. The lowest BCUT2D eigenvalue weighted by Gasteiger charge is -2.00. The van der Waals surface area contributed by atoms with Gasteiger partial charge in [0.25, 0.3) is 0 Å². The van der Waals surface area contributed by atoms with Crippen LogP contribution in [0.1, 0.15) is 5.76 Å². The molecule has 0 amide bonds. The molecule has 18 heavy (non-hydrogen) atoms. The van der Waals surface area contributed by atoms with Crippen LogP contribution < -0.4 is 0 Å². The van der Waals surface area contributed by atoms with Crippen LogP contribution in [0.15, 0.2) is 28.8 Å². The number of aryl methyl sites for hydroxylation is 1. The molecule has 0 saturated heterocycles. The van der Waals surface area contributed by atoms with Crippen molar-refractivity contribution in [2.45, 2.75) is 6.92 Å². The van der Waals surface area contributed by atoms with Gasteiger partial charge in [0.05, 0.1) is 10.6 Å². The zero-order valence-electron chi connectivity index (χ0n) is 9.08. The number of nitrogens with zero attached hydrogens (tertiary/aromatic N) is 1. The molecule has 1 heterocycles. The summed E-state index contributed by atoms with van der Waals surface area (Å²) in [4.78, 5) is 8.98. The van der Waals surface area contributed by atoms with E-state index in [1.54, 1.807) is 25.1 Å². The molecule has 0 saturated carbocycles. The average molecular weight is 311 g/mol. The molecular weight excluding hydrogens is 303 g/mol. The van der Waals surface area contributed by atoms with Gasteiger partial charge in [-0.15, -0.1) is 0 Å². The van der Waals surface area contributed by atoms with Crippen molar-refractivity contribution >= 4 is 39.5 Å². The van der Waals surface area contributed by atoms with Crippen molar-refractivity contribution in [3.63, 3.8) is 0 Å². The summed E-state index contributed by atoms with van der Waals surface area (Å²) >= 11 is 14.7. The second-order valence-electron chi connectivity index (χ2n) is 3.15. The highest BCUT2D eigenvalue weighted by atomic mass is 35.5. The highest BCUT2D eigenvalue weighted by Gasteiger charge is 2.12. The molecule has 1 aromatic carbocycles. The van der Waals surface area contributed by atoms with Crippen LogP contribution in [0.4, 0.5) is 9.18 Å². The zero-order valence-corrected chi connectivity index (χ0v) is 11.4. The van der Waals surface area contributed by atoms with Gasteiger partial charge in [-0.3, -0.25) is 4.79 Å². The van der Waals surface area contributed by atoms with E-state index in [1.165, 1.54) is 6.07 Å². The molecule has 0 atom stereocenters. The summed E-state index contributed by atoms with van der Waals surface area (Å²) in [5.74, 6) is 0.227. The summed E-state index contributed by atoms with van der Waals surface area (Å²) in [5, 5.41) is 4.04. The Labute approximate surface area is 117 Å². The van der Waals surface area contributed by atoms with Gasteiger partial charge in [-0.1, -0.05) is 22.8 Å². The third kappa shape index (κ3) is 4.29. The summed E-state index contributed by atoms with van der Waals surface area (Å²) in [6, 6.07) is 6.15. The number of halogens is 4. The monoisotopic (exact) mass is 309 g/mol. The van der Waals surface area contributed by atoms with E-state index in [-0.39, 0.29) is 5.56 Å². The maximum atomic E-state index is 13.4. The van der Waals surface area contributed by atoms with Crippen LogP contribution in [-0.4, -0.2) is 9.86 Å². The van der Waals surface area contributed by atoms with Crippen molar-refractivity contribution < 1.29 is 13.7 Å². The molecule has 0 radical (unpaired) electrons. The fourth-order valence-electron chi connectivity index (χ4n) is 1.23. The Bertz CT molecular complexity index is 533. The van der Waals surface area contributed by atoms with Crippen molar-refractivity contribution in [3.8, 4) is 11.3 Å². The van der Waals surface area contributed by atoms with Gasteiger partial charge < -0.3 is 4.52 Å². The Hall–Kier alpha value is -1.10. The fourth-order valence-corrected chi connectivity index (χ4v) is 1.49. The molecule has 0 aliphatic heterocycles. The van der Waals surface area contributed by atoms with Crippen LogP contribution in [-0.2, 0) is 0 Å². The molecule has 7 heteroatoms. The highest BCUT2D eigenvalue weighted by Crippen LogP contribution is 2.29. The summed E-state index contributed by atoms with van der Waals surface area (Å²) in [6.07, 6.45) is 0. The number of rotatable bonds is 1. The van der Waals surface area contributed by atoms with Gasteiger partial charge in [0, 0.05) is 6.07 Å². The number of carbonyl (C=O) groups excluding carboxylic acids is 1. The average Bonchev–Trinajstić information content (AvgIpc) is 2.63. The smallest absolute Gasteiger partial charge is 0.313 e. The van der Waals surface area contributed by atoms with E-state index in [1.807, 2.05) is 0 Å². The number of hydrogen-bond acceptors (Lipinski definition) is 3. The SMILES string of the molecule is Cc1cc(-c2c(F)cccc2Cl)no1.O=C(Cl)Cl. The van der Waals surface area contributed by atoms with E-state index in [0.717, 1.165) is 0 Å². The van der Waals surface area contributed by atoms with Crippen LogP contribution in [0.3, 0.4) is 0 Å². The van der Waals surface area contributed by atoms with E-state index >= 15 is 0 Å². The van der Waals surface area contributed by atoms with Gasteiger partial charge in [-0.2, -0.15) is 0 Å². The van der Waals surface area contributed by atoms with Crippen molar-refractivity contribution in [2.75, 3.05) is 0 Å². The van der Waals surface area contributed by atoms with Crippen LogP contribution in [0, 0.1) is 12.7 Å². The summed E-state index contributed by atoms with van der Waals surface area (Å²) in [5.41, 5.74) is 0.705. The van der Waals surface area contributed by atoms with Gasteiger partial charge in [0.2, 0.25) is 0 Å². The molecule has 0 aliphatic carbocycles. The Kier molecular flexibility index (Phi) is 5.59. The normalized spacial score (nSPS) is 9.61. The first-order valence-electron chi connectivity index (χ1n) is 4.64. The zero-order chi connectivity index (χ0) is 13.7. The summed E-state index contributed by atoms with van der Waals surface area (Å²) < 4.78 is 17.3.